The number of hydrogen-bond donors (Lipinski definition) is 1. The maximum atomic E-state index is 13.4. The minimum absolute atomic E-state index is 0.149. The van der Waals surface area contributed by atoms with E-state index in [4.69, 9.17) is 0 Å². The van der Waals surface area contributed by atoms with Gasteiger partial charge in [0.1, 0.15) is 6.33 Å². The van der Waals surface area contributed by atoms with Gasteiger partial charge in [-0.15, -0.1) is 0 Å². The van der Waals surface area contributed by atoms with E-state index in [1.165, 1.54) is 7.05 Å². The van der Waals surface area contributed by atoms with Crippen LogP contribution < -0.4 is 4.72 Å². The molecule has 1 aromatic heterocycles. The van der Waals surface area contributed by atoms with E-state index in [-0.39, 0.29) is 5.95 Å². The van der Waals surface area contributed by atoms with E-state index in [1.807, 2.05) is 4.72 Å². The summed E-state index contributed by atoms with van der Waals surface area (Å²) in [5, 5.41) is 14.4. The molecule has 0 amide bonds. The summed E-state index contributed by atoms with van der Waals surface area (Å²) in [6.07, 6.45) is 1.10. The lowest BCUT2D eigenvalue weighted by Crippen LogP contribution is -2.18. The predicted octanol–water partition coefficient (Wildman–Crippen LogP) is 0.663. The number of halogens is 1. The van der Waals surface area contributed by atoms with Crippen molar-refractivity contribution < 1.29 is 17.7 Å². The summed E-state index contributed by atoms with van der Waals surface area (Å²) in [6.45, 7) is 0. The largest absolute Gasteiger partial charge is 0.325 e. The van der Waals surface area contributed by atoms with Gasteiger partial charge >= 0.3 is 5.69 Å². The lowest BCUT2D eigenvalue weighted by Gasteiger charge is -2.07. The Morgan fingerprint density at radius 2 is 2.15 bits per heavy atom. The van der Waals surface area contributed by atoms with Gasteiger partial charge in [-0.1, -0.05) is 6.07 Å². The van der Waals surface area contributed by atoms with Crippen LogP contribution in [0.1, 0.15) is 0 Å². The zero-order valence-electron chi connectivity index (χ0n) is 10.0. The van der Waals surface area contributed by atoms with E-state index in [9.17, 15) is 22.9 Å². The highest BCUT2D eigenvalue weighted by Gasteiger charge is 2.30. The Morgan fingerprint density at radius 1 is 1.45 bits per heavy atom. The standard InChI is InChI=1S/C9H8FN5O4S/c1-14-9(11-5-12-14)13-20(18,19)7-4-2-3-6(10)8(7)15(16)17/h2-5H,1H3,(H,11,12,13). The molecule has 0 aliphatic heterocycles. The van der Waals surface area contributed by atoms with E-state index in [1.54, 1.807) is 0 Å². The third-order valence-electron chi connectivity index (χ3n) is 2.36. The number of benzene rings is 1. The normalized spacial score (nSPS) is 11.3. The molecule has 0 aliphatic carbocycles. The summed E-state index contributed by atoms with van der Waals surface area (Å²) in [6, 6.07) is 2.80. The maximum Gasteiger partial charge on any atom is 0.325 e. The summed E-state index contributed by atoms with van der Waals surface area (Å²) in [5.74, 6) is -1.39. The first-order valence-corrected chi connectivity index (χ1v) is 6.61. The molecule has 1 aromatic carbocycles. The number of nitro groups is 1. The van der Waals surface area contributed by atoms with Gasteiger partial charge in [0.05, 0.1) is 4.92 Å². The molecule has 0 unspecified atom stereocenters. The molecule has 0 fully saturated rings. The first kappa shape index (κ1) is 13.9. The van der Waals surface area contributed by atoms with Crippen molar-refractivity contribution in [3.05, 3.63) is 40.5 Å². The fourth-order valence-electron chi connectivity index (χ4n) is 1.45. The number of nitro benzene ring substituents is 1. The van der Waals surface area contributed by atoms with Crippen molar-refractivity contribution in [2.45, 2.75) is 4.90 Å². The maximum absolute atomic E-state index is 13.4. The number of para-hydroxylation sites is 1. The summed E-state index contributed by atoms with van der Waals surface area (Å²) < 4.78 is 40.7. The van der Waals surface area contributed by atoms with Gasteiger partial charge in [-0.3, -0.25) is 10.1 Å². The van der Waals surface area contributed by atoms with E-state index >= 15 is 0 Å². The van der Waals surface area contributed by atoms with Crippen LogP contribution in [0.25, 0.3) is 0 Å². The monoisotopic (exact) mass is 301 g/mol. The lowest BCUT2D eigenvalue weighted by molar-refractivity contribution is -0.390. The van der Waals surface area contributed by atoms with Crippen LogP contribution in [0.15, 0.2) is 29.4 Å². The number of sulfonamides is 1. The van der Waals surface area contributed by atoms with E-state index < -0.39 is 31.3 Å². The molecule has 0 radical (unpaired) electrons. The van der Waals surface area contributed by atoms with Crippen molar-refractivity contribution in [2.24, 2.45) is 7.05 Å². The molecule has 0 saturated carbocycles. The number of nitrogens with zero attached hydrogens (tertiary/aromatic N) is 4. The molecule has 2 aromatic rings. The van der Waals surface area contributed by atoms with Crippen LogP contribution in [0.2, 0.25) is 0 Å². The Morgan fingerprint density at radius 3 is 2.70 bits per heavy atom. The van der Waals surface area contributed by atoms with Gasteiger partial charge < -0.3 is 0 Å². The minimum Gasteiger partial charge on any atom is -0.258 e. The van der Waals surface area contributed by atoms with Crippen molar-refractivity contribution in [2.75, 3.05) is 4.72 Å². The molecular formula is C9H8FN5O4S. The summed E-state index contributed by atoms with van der Waals surface area (Å²) in [7, 11) is -2.94. The van der Waals surface area contributed by atoms with Gasteiger partial charge in [-0.05, 0) is 12.1 Å². The van der Waals surface area contributed by atoms with Crippen LogP contribution in [-0.4, -0.2) is 28.1 Å². The molecule has 1 heterocycles. The molecule has 0 bridgehead atoms. The Labute approximate surface area is 112 Å². The number of aryl methyl sites for hydroxylation is 1. The number of hydrogen-bond acceptors (Lipinski definition) is 6. The second kappa shape index (κ2) is 4.85. The zero-order chi connectivity index (χ0) is 14.9. The molecule has 11 heteroatoms. The van der Waals surface area contributed by atoms with E-state index in [0.717, 1.165) is 29.2 Å². The Kier molecular flexibility index (Phi) is 3.36. The molecule has 20 heavy (non-hydrogen) atoms. The SMILES string of the molecule is Cn1ncnc1NS(=O)(=O)c1cccc(F)c1[N+](=O)[O-]. The highest BCUT2D eigenvalue weighted by molar-refractivity contribution is 7.92. The summed E-state index contributed by atoms with van der Waals surface area (Å²) >= 11 is 0. The first-order valence-electron chi connectivity index (χ1n) is 5.12. The van der Waals surface area contributed by atoms with Crippen molar-refractivity contribution in [1.29, 1.82) is 0 Å². The fraction of sp³-hybridized carbons (Fsp3) is 0.111. The molecule has 0 atom stereocenters. The molecule has 106 valence electrons. The third-order valence-corrected chi connectivity index (χ3v) is 3.72. The minimum atomic E-state index is -4.36. The average Bonchev–Trinajstić information content (AvgIpc) is 2.73. The van der Waals surface area contributed by atoms with Crippen LogP contribution in [-0.2, 0) is 17.1 Å². The van der Waals surface area contributed by atoms with Crippen molar-refractivity contribution >= 4 is 21.7 Å². The first-order chi connectivity index (χ1) is 9.33. The number of nitrogens with one attached hydrogen (secondary N) is 1. The third kappa shape index (κ3) is 2.42. The lowest BCUT2D eigenvalue weighted by atomic mass is 10.3. The van der Waals surface area contributed by atoms with Crippen LogP contribution >= 0.6 is 0 Å². The summed E-state index contributed by atoms with van der Waals surface area (Å²) in [4.78, 5) is 12.5. The van der Waals surface area contributed by atoms with Gasteiger partial charge in [-0.2, -0.15) is 14.5 Å². The summed E-state index contributed by atoms with van der Waals surface area (Å²) in [5.41, 5.74) is -1.12. The highest BCUT2D eigenvalue weighted by Crippen LogP contribution is 2.27. The number of rotatable bonds is 4. The predicted molar refractivity (Wildman–Crippen MR) is 64.9 cm³/mol. The van der Waals surface area contributed by atoms with Gasteiger partial charge in [0.15, 0.2) is 4.90 Å². The second-order valence-corrected chi connectivity index (χ2v) is 5.31. The molecule has 0 spiro atoms. The zero-order valence-corrected chi connectivity index (χ0v) is 10.8. The van der Waals surface area contributed by atoms with Crippen molar-refractivity contribution in [3.8, 4) is 0 Å². The van der Waals surface area contributed by atoms with E-state index in [0.29, 0.717) is 0 Å². The average molecular weight is 301 g/mol. The molecule has 2 rings (SSSR count). The Hall–Kier alpha value is -2.56. The fourth-order valence-corrected chi connectivity index (χ4v) is 2.67. The van der Waals surface area contributed by atoms with Crippen LogP contribution in [0, 0.1) is 15.9 Å². The molecule has 1 N–H and O–H groups in total. The number of anilines is 1. The highest BCUT2D eigenvalue weighted by atomic mass is 32.2. The quantitative estimate of drug-likeness (QED) is 0.654. The Balaban J connectivity index is 2.53. The molecule has 0 saturated heterocycles. The topological polar surface area (TPSA) is 120 Å². The molecule has 0 aliphatic rings. The van der Waals surface area contributed by atoms with E-state index in [2.05, 4.69) is 10.1 Å². The number of aromatic nitrogens is 3. The van der Waals surface area contributed by atoms with Crippen molar-refractivity contribution in [3.63, 3.8) is 0 Å². The van der Waals surface area contributed by atoms with Gasteiger partial charge in [0.25, 0.3) is 10.0 Å². The molecule has 9 nitrogen and oxygen atoms in total. The smallest absolute Gasteiger partial charge is 0.258 e. The van der Waals surface area contributed by atoms with Crippen LogP contribution in [0.3, 0.4) is 0 Å². The van der Waals surface area contributed by atoms with Crippen LogP contribution in [0.5, 0.6) is 0 Å². The van der Waals surface area contributed by atoms with Gasteiger partial charge in [0.2, 0.25) is 11.8 Å². The van der Waals surface area contributed by atoms with Crippen LogP contribution in [0.4, 0.5) is 16.0 Å². The van der Waals surface area contributed by atoms with Crippen molar-refractivity contribution in [1.82, 2.24) is 14.8 Å². The Bertz CT molecular complexity index is 772. The van der Waals surface area contributed by atoms with Gasteiger partial charge in [0, 0.05) is 7.05 Å². The second-order valence-electron chi connectivity index (χ2n) is 3.66. The molecular weight excluding hydrogens is 293 g/mol. The van der Waals surface area contributed by atoms with Gasteiger partial charge in [-0.25, -0.2) is 17.8 Å².